The van der Waals surface area contributed by atoms with E-state index in [1.807, 2.05) is 0 Å². The number of hydrazine groups is 1. The molecule has 12 heteroatoms. The van der Waals surface area contributed by atoms with Crippen molar-refractivity contribution in [3.63, 3.8) is 0 Å². The molecule has 3 rings (SSSR count). The zero-order valence-corrected chi connectivity index (χ0v) is 18.5. The number of nitrogens with zero attached hydrogens (tertiary/aromatic N) is 3. The van der Waals surface area contributed by atoms with Crippen LogP contribution in [0.5, 0.6) is 5.75 Å². The van der Waals surface area contributed by atoms with Crippen molar-refractivity contribution >= 4 is 40.8 Å². The lowest BCUT2D eigenvalue weighted by Crippen LogP contribution is -2.47. The van der Waals surface area contributed by atoms with Gasteiger partial charge in [-0.05, 0) is 36.8 Å². The highest BCUT2D eigenvalue weighted by Crippen LogP contribution is 2.28. The average Bonchev–Trinajstić information content (AvgIpc) is 3.29. The first-order valence-corrected chi connectivity index (χ1v) is 10.4. The van der Waals surface area contributed by atoms with Crippen LogP contribution in [0.4, 0.5) is 16.2 Å². The molecule has 2 aromatic carbocycles. The van der Waals surface area contributed by atoms with Gasteiger partial charge in [0, 0.05) is 48.8 Å². The van der Waals surface area contributed by atoms with Crippen molar-refractivity contribution in [2.45, 2.75) is 12.8 Å². The molecular weight excluding hydrogens is 454 g/mol. The number of nitrogens with one attached hydrogen (secondary N) is 2. The molecule has 2 aromatic rings. The zero-order chi connectivity index (χ0) is 24.0. The number of rotatable bonds is 7. The first kappa shape index (κ1) is 23.8. The molecule has 1 aliphatic heterocycles. The fourth-order valence-electron chi connectivity index (χ4n) is 3.29. The number of nitro groups is 1. The summed E-state index contributed by atoms with van der Waals surface area (Å²) >= 11 is 6.00. The summed E-state index contributed by atoms with van der Waals surface area (Å²) in [6.45, 7) is 0.771. The molecular formula is C21H22ClN5O6. The van der Waals surface area contributed by atoms with Crippen molar-refractivity contribution in [1.82, 2.24) is 15.3 Å². The average molecular weight is 476 g/mol. The molecule has 174 valence electrons. The number of non-ortho nitro benzene ring substituents is 1. The smallest absolute Gasteiger partial charge is 0.340 e. The Morgan fingerprint density at radius 1 is 1.12 bits per heavy atom. The van der Waals surface area contributed by atoms with Gasteiger partial charge in [0.15, 0.2) is 0 Å². The van der Waals surface area contributed by atoms with Crippen LogP contribution in [-0.4, -0.2) is 59.5 Å². The van der Waals surface area contributed by atoms with Crippen LogP contribution in [0.1, 0.15) is 23.2 Å². The summed E-state index contributed by atoms with van der Waals surface area (Å²) in [6.07, 6.45) is 0.587. The summed E-state index contributed by atoms with van der Waals surface area (Å²) < 4.78 is 5.22. The molecule has 0 atom stereocenters. The van der Waals surface area contributed by atoms with E-state index in [9.17, 15) is 24.5 Å². The SMILES string of the molecule is COc1ccc(Cl)cc1NC(=O)N1CCCN1C(=O)CCNC(=O)c1ccc([N+](=O)[O-])cc1. The molecule has 0 spiro atoms. The van der Waals surface area contributed by atoms with Crippen LogP contribution in [0.3, 0.4) is 0 Å². The van der Waals surface area contributed by atoms with Crippen molar-refractivity contribution in [1.29, 1.82) is 0 Å². The van der Waals surface area contributed by atoms with E-state index >= 15 is 0 Å². The minimum atomic E-state index is -0.555. The van der Waals surface area contributed by atoms with Gasteiger partial charge >= 0.3 is 6.03 Å². The quantitative estimate of drug-likeness (QED) is 0.467. The Kier molecular flexibility index (Phi) is 7.67. The minimum absolute atomic E-state index is 0.0248. The molecule has 11 nitrogen and oxygen atoms in total. The number of hydrogen-bond donors (Lipinski definition) is 2. The summed E-state index contributed by atoms with van der Waals surface area (Å²) in [6, 6.07) is 9.44. The van der Waals surface area contributed by atoms with Crippen molar-refractivity contribution in [3.8, 4) is 5.75 Å². The Balaban J connectivity index is 1.54. The number of halogens is 1. The number of nitro benzene ring substituents is 1. The number of amides is 4. The fraction of sp³-hybridized carbons (Fsp3) is 0.286. The van der Waals surface area contributed by atoms with Gasteiger partial charge in [0.1, 0.15) is 5.75 Å². The number of carbonyl (C=O) groups excluding carboxylic acids is 3. The summed E-state index contributed by atoms with van der Waals surface area (Å²) in [5.74, 6) is -0.356. The number of hydrogen-bond acceptors (Lipinski definition) is 6. The van der Waals surface area contributed by atoms with Crippen molar-refractivity contribution in [2.24, 2.45) is 0 Å². The summed E-state index contributed by atoms with van der Waals surface area (Å²) in [5.41, 5.74) is 0.500. The van der Waals surface area contributed by atoms with Gasteiger partial charge in [-0.1, -0.05) is 11.6 Å². The molecule has 1 saturated heterocycles. The van der Waals surface area contributed by atoms with Gasteiger partial charge in [0.2, 0.25) is 5.91 Å². The Morgan fingerprint density at radius 3 is 2.48 bits per heavy atom. The molecule has 0 aliphatic carbocycles. The Labute approximate surface area is 194 Å². The van der Waals surface area contributed by atoms with Gasteiger partial charge in [0.05, 0.1) is 17.7 Å². The lowest BCUT2D eigenvalue weighted by molar-refractivity contribution is -0.384. The predicted octanol–water partition coefficient (Wildman–Crippen LogP) is 3.06. The van der Waals surface area contributed by atoms with Gasteiger partial charge in [0.25, 0.3) is 11.6 Å². The Bertz CT molecular complexity index is 1060. The van der Waals surface area contributed by atoms with Gasteiger partial charge in [-0.3, -0.25) is 19.7 Å². The third kappa shape index (κ3) is 5.89. The second-order valence-corrected chi connectivity index (χ2v) is 7.51. The van der Waals surface area contributed by atoms with Crippen LogP contribution in [0.15, 0.2) is 42.5 Å². The maximum Gasteiger partial charge on any atom is 0.340 e. The number of anilines is 1. The highest BCUT2D eigenvalue weighted by atomic mass is 35.5. The molecule has 33 heavy (non-hydrogen) atoms. The van der Waals surface area contributed by atoms with E-state index in [-0.39, 0.29) is 30.1 Å². The normalized spacial score (nSPS) is 12.9. The fourth-order valence-corrected chi connectivity index (χ4v) is 3.46. The van der Waals surface area contributed by atoms with Crippen LogP contribution in [0.25, 0.3) is 0 Å². The van der Waals surface area contributed by atoms with Crippen molar-refractivity contribution in [2.75, 3.05) is 32.1 Å². The second-order valence-electron chi connectivity index (χ2n) is 7.08. The lowest BCUT2D eigenvalue weighted by Gasteiger charge is -2.28. The lowest BCUT2D eigenvalue weighted by atomic mass is 10.2. The van der Waals surface area contributed by atoms with Crippen LogP contribution in [0, 0.1) is 10.1 Å². The maximum atomic E-state index is 12.8. The standard InChI is InChI=1S/C21H22ClN5O6/c1-33-18-8-5-15(22)13-17(18)24-21(30)26-12-2-11-25(26)19(28)9-10-23-20(29)14-3-6-16(7-4-14)27(31)32/h3-8,13H,2,9-12H2,1H3,(H,23,29)(H,24,30). The molecule has 1 fully saturated rings. The van der Waals surface area contributed by atoms with E-state index in [1.54, 1.807) is 18.2 Å². The highest BCUT2D eigenvalue weighted by molar-refractivity contribution is 6.31. The topological polar surface area (TPSA) is 134 Å². The largest absolute Gasteiger partial charge is 0.495 e. The van der Waals surface area contributed by atoms with Crippen molar-refractivity contribution < 1.29 is 24.0 Å². The molecule has 0 radical (unpaired) electrons. The van der Waals surface area contributed by atoms with Gasteiger partial charge < -0.3 is 15.4 Å². The van der Waals surface area contributed by atoms with E-state index in [4.69, 9.17) is 16.3 Å². The Morgan fingerprint density at radius 2 is 1.82 bits per heavy atom. The van der Waals surface area contributed by atoms with Gasteiger partial charge in [-0.15, -0.1) is 0 Å². The second kappa shape index (κ2) is 10.6. The van der Waals surface area contributed by atoms with E-state index < -0.39 is 16.9 Å². The van der Waals surface area contributed by atoms with E-state index in [0.717, 1.165) is 0 Å². The zero-order valence-electron chi connectivity index (χ0n) is 17.7. The van der Waals surface area contributed by atoms with Crippen LogP contribution >= 0.6 is 11.6 Å². The molecule has 1 aliphatic rings. The number of ether oxygens (including phenoxy) is 1. The van der Waals surface area contributed by atoms with Gasteiger partial charge in [-0.25, -0.2) is 14.8 Å². The van der Waals surface area contributed by atoms with Crippen LogP contribution < -0.4 is 15.4 Å². The summed E-state index contributed by atoms with van der Waals surface area (Å²) in [5, 5.41) is 19.1. The third-order valence-electron chi connectivity index (χ3n) is 4.92. The monoisotopic (exact) mass is 475 g/mol. The van der Waals surface area contributed by atoms with E-state index in [1.165, 1.54) is 41.4 Å². The highest BCUT2D eigenvalue weighted by Gasteiger charge is 2.31. The number of methoxy groups -OCH3 is 1. The summed E-state index contributed by atoms with van der Waals surface area (Å²) in [4.78, 5) is 47.7. The molecule has 0 aromatic heterocycles. The minimum Gasteiger partial charge on any atom is -0.495 e. The third-order valence-corrected chi connectivity index (χ3v) is 5.16. The maximum absolute atomic E-state index is 12.8. The molecule has 4 amide bonds. The van der Waals surface area contributed by atoms with Crippen LogP contribution in [0.2, 0.25) is 5.02 Å². The molecule has 0 bridgehead atoms. The van der Waals surface area contributed by atoms with Crippen molar-refractivity contribution in [3.05, 3.63) is 63.2 Å². The molecule has 0 unspecified atom stereocenters. The number of carbonyl (C=O) groups is 3. The van der Waals surface area contributed by atoms with E-state index in [2.05, 4.69) is 10.6 Å². The van der Waals surface area contributed by atoms with Crippen LogP contribution in [-0.2, 0) is 4.79 Å². The molecule has 2 N–H and O–H groups in total. The first-order chi connectivity index (χ1) is 15.8. The van der Waals surface area contributed by atoms with E-state index in [0.29, 0.717) is 36.0 Å². The predicted molar refractivity (Wildman–Crippen MR) is 120 cm³/mol. The first-order valence-electron chi connectivity index (χ1n) is 10.0. The number of benzene rings is 2. The molecule has 0 saturated carbocycles. The summed E-state index contributed by atoms with van der Waals surface area (Å²) in [7, 11) is 1.47. The molecule has 1 heterocycles. The Hall–Kier alpha value is -3.86. The number of urea groups is 1. The van der Waals surface area contributed by atoms with Gasteiger partial charge in [-0.2, -0.15) is 0 Å².